The van der Waals surface area contributed by atoms with Crippen molar-refractivity contribution < 1.29 is 27.8 Å². The Kier molecular flexibility index (Phi) is 5.30. The van der Waals surface area contributed by atoms with Gasteiger partial charge in [-0.25, -0.2) is 13.2 Å². The van der Waals surface area contributed by atoms with Crippen molar-refractivity contribution in [2.24, 2.45) is 0 Å². The maximum absolute atomic E-state index is 12.4. The molecule has 0 bridgehead atoms. The van der Waals surface area contributed by atoms with Crippen molar-refractivity contribution >= 4 is 21.7 Å². The topological polar surface area (TPSA) is 102 Å². The molecule has 0 saturated heterocycles. The number of methoxy groups -OCH3 is 1. The van der Waals surface area contributed by atoms with Crippen molar-refractivity contribution in [3.8, 4) is 11.5 Å². The highest BCUT2D eigenvalue weighted by Gasteiger charge is 2.15. The molecule has 0 atom stereocenters. The number of aryl methyl sites for hydroxylation is 1. The molecule has 0 spiro atoms. The molecule has 7 nitrogen and oxygen atoms in total. The van der Waals surface area contributed by atoms with Crippen molar-refractivity contribution in [3.05, 3.63) is 48.0 Å². The summed E-state index contributed by atoms with van der Waals surface area (Å²) in [6.45, 7) is 1.29. The van der Waals surface area contributed by atoms with Crippen molar-refractivity contribution in [2.45, 2.75) is 11.8 Å². The van der Waals surface area contributed by atoms with Crippen molar-refractivity contribution in [3.63, 3.8) is 0 Å². The lowest BCUT2D eigenvalue weighted by atomic mass is 10.2. The molecular formula is C16H17NO6S. The van der Waals surface area contributed by atoms with Gasteiger partial charge < -0.3 is 14.6 Å². The maximum Gasteiger partial charge on any atom is 0.341 e. The molecule has 0 aliphatic carbocycles. The predicted molar refractivity (Wildman–Crippen MR) is 88.1 cm³/mol. The third-order valence-electron chi connectivity index (χ3n) is 3.15. The molecule has 24 heavy (non-hydrogen) atoms. The molecule has 0 heterocycles. The molecule has 2 aromatic rings. The molecule has 128 valence electrons. The molecule has 0 aliphatic heterocycles. The first-order valence-electron chi connectivity index (χ1n) is 6.94. The summed E-state index contributed by atoms with van der Waals surface area (Å²) < 4.78 is 37.3. The third kappa shape index (κ3) is 4.39. The lowest BCUT2D eigenvalue weighted by Crippen LogP contribution is -2.13. The van der Waals surface area contributed by atoms with Crippen LogP contribution in [0.25, 0.3) is 0 Å². The van der Waals surface area contributed by atoms with Gasteiger partial charge in [-0.2, -0.15) is 0 Å². The Labute approximate surface area is 139 Å². The first kappa shape index (κ1) is 17.6. The van der Waals surface area contributed by atoms with Crippen LogP contribution in [-0.2, 0) is 14.8 Å². The van der Waals surface area contributed by atoms with Crippen LogP contribution in [0.5, 0.6) is 11.5 Å². The summed E-state index contributed by atoms with van der Waals surface area (Å²) in [5.41, 5.74) is 1.05. The fourth-order valence-corrected chi connectivity index (χ4v) is 3.14. The summed E-state index contributed by atoms with van der Waals surface area (Å²) in [6, 6.07) is 10.5. The highest BCUT2D eigenvalue weighted by Crippen LogP contribution is 2.24. The van der Waals surface area contributed by atoms with Gasteiger partial charge in [0.15, 0.2) is 6.61 Å². The normalized spacial score (nSPS) is 10.9. The van der Waals surface area contributed by atoms with E-state index in [2.05, 4.69) is 4.72 Å². The van der Waals surface area contributed by atoms with Crippen LogP contribution in [0.15, 0.2) is 47.4 Å². The van der Waals surface area contributed by atoms with Gasteiger partial charge in [0, 0.05) is 5.69 Å². The number of carboxylic acids is 1. The average molecular weight is 351 g/mol. The van der Waals surface area contributed by atoms with Crippen LogP contribution in [0.4, 0.5) is 5.69 Å². The standard InChI is InChI=1S/C16H17NO6S/c1-11-9-14(7-8-15(11)22-2)24(20,21)17-12-3-5-13(6-4-12)23-10-16(18)19/h3-9,17H,10H2,1-2H3,(H,18,19). The summed E-state index contributed by atoms with van der Waals surface area (Å²) in [5, 5.41) is 8.54. The van der Waals surface area contributed by atoms with Gasteiger partial charge in [-0.3, -0.25) is 4.72 Å². The minimum Gasteiger partial charge on any atom is -0.496 e. The van der Waals surface area contributed by atoms with Gasteiger partial charge in [0.1, 0.15) is 11.5 Å². The van der Waals surface area contributed by atoms with Gasteiger partial charge in [0.25, 0.3) is 10.0 Å². The van der Waals surface area contributed by atoms with Gasteiger partial charge in [-0.15, -0.1) is 0 Å². The molecule has 0 amide bonds. The largest absolute Gasteiger partial charge is 0.496 e. The first-order chi connectivity index (χ1) is 11.3. The van der Waals surface area contributed by atoms with E-state index in [1.807, 2.05) is 0 Å². The van der Waals surface area contributed by atoms with E-state index in [4.69, 9.17) is 14.6 Å². The Morgan fingerprint density at radius 3 is 2.38 bits per heavy atom. The van der Waals surface area contributed by atoms with Crippen LogP contribution in [-0.4, -0.2) is 33.2 Å². The average Bonchev–Trinajstić information content (AvgIpc) is 2.53. The number of nitrogens with one attached hydrogen (secondary N) is 1. The molecule has 0 radical (unpaired) electrons. The number of benzene rings is 2. The summed E-state index contributed by atoms with van der Waals surface area (Å²) in [7, 11) is -2.22. The van der Waals surface area contributed by atoms with E-state index in [1.54, 1.807) is 13.0 Å². The number of ether oxygens (including phenoxy) is 2. The lowest BCUT2D eigenvalue weighted by Gasteiger charge is -2.11. The first-order valence-corrected chi connectivity index (χ1v) is 8.42. The Morgan fingerprint density at radius 1 is 1.17 bits per heavy atom. The molecule has 0 fully saturated rings. The van der Waals surface area contributed by atoms with Gasteiger partial charge in [-0.1, -0.05) is 0 Å². The van der Waals surface area contributed by atoms with E-state index in [-0.39, 0.29) is 4.90 Å². The molecule has 2 rings (SSSR count). The fourth-order valence-electron chi connectivity index (χ4n) is 2.00. The van der Waals surface area contributed by atoms with Crippen molar-refractivity contribution in [1.82, 2.24) is 0 Å². The molecular weight excluding hydrogens is 334 g/mol. The van der Waals surface area contributed by atoms with Crippen LogP contribution in [0.3, 0.4) is 0 Å². The van der Waals surface area contributed by atoms with Crippen LogP contribution < -0.4 is 14.2 Å². The lowest BCUT2D eigenvalue weighted by molar-refractivity contribution is -0.139. The zero-order valence-corrected chi connectivity index (χ0v) is 14.0. The molecule has 8 heteroatoms. The number of carbonyl (C=O) groups is 1. The monoisotopic (exact) mass is 351 g/mol. The minimum absolute atomic E-state index is 0.118. The quantitative estimate of drug-likeness (QED) is 0.793. The summed E-state index contributed by atoms with van der Waals surface area (Å²) in [5.74, 6) is -0.149. The summed E-state index contributed by atoms with van der Waals surface area (Å²) >= 11 is 0. The highest BCUT2D eigenvalue weighted by atomic mass is 32.2. The number of aliphatic carboxylic acids is 1. The van der Waals surface area contributed by atoms with E-state index in [9.17, 15) is 13.2 Å². The second-order valence-corrected chi connectivity index (χ2v) is 6.63. The Morgan fingerprint density at radius 2 is 1.83 bits per heavy atom. The molecule has 0 unspecified atom stereocenters. The number of rotatable bonds is 7. The molecule has 0 aromatic heterocycles. The summed E-state index contributed by atoms with van der Waals surface area (Å²) in [4.78, 5) is 10.5. The maximum atomic E-state index is 12.4. The van der Waals surface area contributed by atoms with E-state index in [1.165, 1.54) is 43.5 Å². The molecule has 2 aromatic carbocycles. The number of sulfonamides is 1. The predicted octanol–water partition coefficient (Wildman–Crippen LogP) is 2.27. The van der Waals surface area contributed by atoms with Crippen LogP contribution in [0, 0.1) is 6.92 Å². The second-order valence-electron chi connectivity index (χ2n) is 4.94. The van der Waals surface area contributed by atoms with Crippen LogP contribution in [0.1, 0.15) is 5.56 Å². The summed E-state index contributed by atoms with van der Waals surface area (Å²) in [6.07, 6.45) is 0. The minimum atomic E-state index is -3.74. The molecule has 0 saturated carbocycles. The third-order valence-corrected chi connectivity index (χ3v) is 4.52. The number of carboxylic acid groups (broad SMARTS) is 1. The van der Waals surface area contributed by atoms with E-state index in [0.29, 0.717) is 22.7 Å². The molecule has 0 aliphatic rings. The fraction of sp³-hybridized carbons (Fsp3) is 0.188. The van der Waals surface area contributed by atoms with E-state index < -0.39 is 22.6 Å². The number of hydrogen-bond acceptors (Lipinski definition) is 5. The van der Waals surface area contributed by atoms with Gasteiger partial charge >= 0.3 is 5.97 Å². The number of anilines is 1. The second kappa shape index (κ2) is 7.22. The SMILES string of the molecule is COc1ccc(S(=O)(=O)Nc2ccc(OCC(=O)O)cc2)cc1C. The van der Waals surface area contributed by atoms with Gasteiger partial charge in [-0.05, 0) is 55.0 Å². The molecule has 2 N–H and O–H groups in total. The zero-order valence-electron chi connectivity index (χ0n) is 13.1. The van der Waals surface area contributed by atoms with Crippen molar-refractivity contribution in [2.75, 3.05) is 18.4 Å². The van der Waals surface area contributed by atoms with Crippen molar-refractivity contribution in [1.29, 1.82) is 0 Å². The smallest absolute Gasteiger partial charge is 0.341 e. The van der Waals surface area contributed by atoms with E-state index >= 15 is 0 Å². The zero-order chi connectivity index (χ0) is 17.7. The van der Waals surface area contributed by atoms with Gasteiger partial charge in [0.2, 0.25) is 0 Å². The Balaban J connectivity index is 2.14. The van der Waals surface area contributed by atoms with Crippen LogP contribution >= 0.6 is 0 Å². The van der Waals surface area contributed by atoms with Gasteiger partial charge in [0.05, 0.1) is 12.0 Å². The van der Waals surface area contributed by atoms with Crippen LogP contribution in [0.2, 0.25) is 0 Å². The Bertz CT molecular complexity index is 830. The van der Waals surface area contributed by atoms with E-state index in [0.717, 1.165) is 0 Å². The Hall–Kier alpha value is -2.74. The highest BCUT2D eigenvalue weighted by molar-refractivity contribution is 7.92. The number of hydrogen-bond donors (Lipinski definition) is 2.